The second-order valence-electron chi connectivity index (χ2n) is 5.41. The minimum atomic E-state index is -0.00651. The molecule has 2 rings (SSSR count). The van der Waals surface area contributed by atoms with E-state index in [2.05, 4.69) is 13.8 Å². The number of benzene rings is 1. The molecule has 1 unspecified atom stereocenters. The predicted octanol–water partition coefficient (Wildman–Crippen LogP) is 3.61. The Hall–Kier alpha value is -1.75. The number of rotatable bonds is 5. The van der Waals surface area contributed by atoms with Crippen molar-refractivity contribution < 1.29 is 9.53 Å². The van der Waals surface area contributed by atoms with Crippen LogP contribution in [0.3, 0.4) is 0 Å². The molecule has 0 fully saturated rings. The van der Waals surface area contributed by atoms with E-state index in [0.29, 0.717) is 16.5 Å². The van der Waals surface area contributed by atoms with E-state index in [1.165, 1.54) is 11.3 Å². The minimum Gasteiger partial charge on any atom is -0.497 e. The van der Waals surface area contributed by atoms with Gasteiger partial charge in [-0.05, 0) is 24.1 Å². The summed E-state index contributed by atoms with van der Waals surface area (Å²) in [5, 5.41) is 0.918. The monoisotopic (exact) mass is 306 g/mol. The molecule has 1 heterocycles. The molecular formula is C16H22N2O2S. The number of hydrogen-bond donors (Lipinski definition) is 1. The second kappa shape index (κ2) is 6.35. The number of hydrogen-bond acceptors (Lipinski definition) is 4. The highest BCUT2D eigenvalue weighted by Crippen LogP contribution is 2.36. The highest BCUT2D eigenvalue weighted by molar-refractivity contribution is 7.21. The molecule has 21 heavy (non-hydrogen) atoms. The van der Waals surface area contributed by atoms with Gasteiger partial charge in [0, 0.05) is 23.7 Å². The van der Waals surface area contributed by atoms with Crippen LogP contribution < -0.4 is 10.5 Å². The van der Waals surface area contributed by atoms with Gasteiger partial charge in [0.2, 0.25) is 0 Å². The third-order valence-corrected chi connectivity index (χ3v) is 4.92. The van der Waals surface area contributed by atoms with Crippen molar-refractivity contribution in [3.05, 3.63) is 23.1 Å². The molecule has 2 aromatic rings. The average molecular weight is 306 g/mol. The summed E-state index contributed by atoms with van der Waals surface area (Å²) in [4.78, 5) is 14.9. The number of ether oxygens (including phenoxy) is 1. The molecule has 0 spiro atoms. The number of nitrogen functional groups attached to an aromatic ring is 1. The number of amides is 1. The lowest BCUT2D eigenvalue weighted by Gasteiger charge is -2.20. The highest BCUT2D eigenvalue weighted by Gasteiger charge is 2.20. The summed E-state index contributed by atoms with van der Waals surface area (Å²) in [6.07, 6.45) is 1.05. The van der Waals surface area contributed by atoms with Crippen LogP contribution in [0.25, 0.3) is 10.1 Å². The Bertz CT molecular complexity index is 651. The number of nitrogens with two attached hydrogens (primary N) is 1. The van der Waals surface area contributed by atoms with Gasteiger partial charge in [0.1, 0.15) is 10.6 Å². The molecule has 0 saturated carbocycles. The van der Waals surface area contributed by atoms with Gasteiger partial charge in [-0.1, -0.05) is 20.3 Å². The van der Waals surface area contributed by atoms with E-state index in [1.807, 2.05) is 25.2 Å². The molecule has 1 aromatic carbocycles. The standard InChI is InChI=1S/C16H22N2O2S/c1-5-10(2)9-18(3)16(19)15-14(17)12-7-6-11(20-4)8-13(12)21-15/h6-8,10H,5,9,17H2,1-4H3. The molecule has 5 heteroatoms. The Labute approximate surface area is 129 Å². The van der Waals surface area contributed by atoms with Crippen LogP contribution in [0.1, 0.15) is 29.9 Å². The maximum atomic E-state index is 12.6. The summed E-state index contributed by atoms with van der Waals surface area (Å²) in [7, 11) is 3.46. The van der Waals surface area contributed by atoms with Crippen LogP contribution in [0.4, 0.5) is 5.69 Å². The molecule has 1 aromatic heterocycles. The number of fused-ring (bicyclic) bond motifs is 1. The first-order chi connectivity index (χ1) is 9.97. The zero-order chi connectivity index (χ0) is 15.6. The molecule has 1 atom stereocenters. The zero-order valence-electron chi connectivity index (χ0n) is 13.0. The normalized spacial score (nSPS) is 12.4. The number of methoxy groups -OCH3 is 1. The fourth-order valence-corrected chi connectivity index (χ4v) is 3.38. The lowest BCUT2D eigenvalue weighted by molar-refractivity contribution is 0.0780. The van der Waals surface area contributed by atoms with E-state index in [0.717, 1.165) is 28.8 Å². The van der Waals surface area contributed by atoms with Crippen molar-refractivity contribution in [1.29, 1.82) is 0 Å². The predicted molar refractivity (Wildman–Crippen MR) is 89.2 cm³/mol. The third-order valence-electron chi connectivity index (χ3n) is 3.76. The lowest BCUT2D eigenvalue weighted by Crippen LogP contribution is -2.30. The van der Waals surface area contributed by atoms with Gasteiger partial charge in [-0.15, -0.1) is 11.3 Å². The van der Waals surface area contributed by atoms with Crippen molar-refractivity contribution in [3.8, 4) is 5.75 Å². The average Bonchev–Trinajstić information content (AvgIpc) is 2.82. The fourth-order valence-electron chi connectivity index (χ4n) is 2.24. The Morgan fingerprint density at radius 2 is 2.19 bits per heavy atom. The summed E-state index contributed by atoms with van der Waals surface area (Å²) in [5.74, 6) is 1.25. The zero-order valence-corrected chi connectivity index (χ0v) is 13.8. The van der Waals surface area contributed by atoms with Gasteiger partial charge < -0.3 is 15.4 Å². The number of carbonyl (C=O) groups is 1. The molecule has 0 aliphatic carbocycles. The molecule has 0 bridgehead atoms. The lowest BCUT2D eigenvalue weighted by atomic mass is 10.1. The number of carbonyl (C=O) groups excluding carboxylic acids is 1. The Balaban J connectivity index is 2.33. The van der Waals surface area contributed by atoms with Crippen molar-refractivity contribution in [2.45, 2.75) is 20.3 Å². The van der Waals surface area contributed by atoms with E-state index in [-0.39, 0.29) is 5.91 Å². The fraction of sp³-hybridized carbons (Fsp3) is 0.438. The SMILES string of the molecule is CCC(C)CN(C)C(=O)c1sc2cc(OC)ccc2c1N. The first-order valence-corrected chi connectivity index (χ1v) is 7.91. The van der Waals surface area contributed by atoms with Crippen LogP contribution in [-0.4, -0.2) is 31.5 Å². The van der Waals surface area contributed by atoms with Crippen molar-refractivity contribution >= 4 is 33.0 Å². The smallest absolute Gasteiger partial charge is 0.265 e. The first kappa shape index (κ1) is 15.6. The first-order valence-electron chi connectivity index (χ1n) is 7.09. The van der Waals surface area contributed by atoms with E-state index in [1.54, 1.807) is 12.0 Å². The summed E-state index contributed by atoms with van der Waals surface area (Å²) >= 11 is 1.43. The van der Waals surface area contributed by atoms with Gasteiger partial charge >= 0.3 is 0 Å². The number of nitrogens with zero attached hydrogens (tertiary/aromatic N) is 1. The highest BCUT2D eigenvalue weighted by atomic mass is 32.1. The summed E-state index contributed by atoms with van der Waals surface area (Å²) in [6, 6.07) is 5.69. The van der Waals surface area contributed by atoms with Gasteiger partial charge in [0.15, 0.2) is 0 Å². The Morgan fingerprint density at radius 1 is 1.48 bits per heavy atom. The van der Waals surface area contributed by atoms with Crippen molar-refractivity contribution in [1.82, 2.24) is 4.90 Å². The van der Waals surface area contributed by atoms with Crippen LogP contribution >= 0.6 is 11.3 Å². The van der Waals surface area contributed by atoms with Gasteiger partial charge in [-0.3, -0.25) is 4.79 Å². The Morgan fingerprint density at radius 3 is 2.81 bits per heavy atom. The summed E-state index contributed by atoms with van der Waals surface area (Å²) < 4.78 is 6.20. The van der Waals surface area contributed by atoms with E-state index in [4.69, 9.17) is 10.5 Å². The third kappa shape index (κ3) is 3.13. The Kier molecular flexibility index (Phi) is 4.73. The minimum absolute atomic E-state index is 0.00651. The van der Waals surface area contributed by atoms with Crippen LogP contribution in [0, 0.1) is 5.92 Å². The molecule has 2 N–H and O–H groups in total. The van der Waals surface area contributed by atoms with Crippen LogP contribution in [0.2, 0.25) is 0 Å². The maximum absolute atomic E-state index is 12.6. The van der Waals surface area contributed by atoms with Crippen molar-refractivity contribution in [3.63, 3.8) is 0 Å². The van der Waals surface area contributed by atoms with Crippen molar-refractivity contribution in [2.24, 2.45) is 5.92 Å². The molecule has 0 aliphatic rings. The molecule has 1 amide bonds. The molecule has 114 valence electrons. The number of thiophene rings is 1. The second-order valence-corrected chi connectivity index (χ2v) is 6.46. The summed E-state index contributed by atoms with van der Waals surface area (Å²) in [6.45, 7) is 5.01. The van der Waals surface area contributed by atoms with Gasteiger partial charge in [-0.25, -0.2) is 0 Å². The maximum Gasteiger partial charge on any atom is 0.265 e. The van der Waals surface area contributed by atoms with Crippen molar-refractivity contribution in [2.75, 3.05) is 26.4 Å². The molecule has 0 saturated heterocycles. The summed E-state index contributed by atoms with van der Waals surface area (Å²) in [5.41, 5.74) is 6.72. The van der Waals surface area contributed by atoms with Gasteiger partial charge in [-0.2, -0.15) is 0 Å². The van der Waals surface area contributed by atoms with Crippen LogP contribution in [0.15, 0.2) is 18.2 Å². The topological polar surface area (TPSA) is 55.6 Å². The molecule has 0 aliphatic heterocycles. The molecule has 4 nitrogen and oxygen atoms in total. The quantitative estimate of drug-likeness (QED) is 0.918. The number of anilines is 1. The van der Waals surface area contributed by atoms with Gasteiger partial charge in [0.05, 0.1) is 12.8 Å². The molecule has 0 radical (unpaired) electrons. The van der Waals surface area contributed by atoms with Crippen LogP contribution in [0.5, 0.6) is 5.75 Å². The van der Waals surface area contributed by atoms with Crippen LogP contribution in [-0.2, 0) is 0 Å². The van der Waals surface area contributed by atoms with E-state index in [9.17, 15) is 4.79 Å². The van der Waals surface area contributed by atoms with E-state index >= 15 is 0 Å². The molecular weight excluding hydrogens is 284 g/mol. The largest absolute Gasteiger partial charge is 0.497 e. The van der Waals surface area contributed by atoms with E-state index < -0.39 is 0 Å². The van der Waals surface area contributed by atoms with Gasteiger partial charge in [0.25, 0.3) is 5.91 Å².